The summed E-state index contributed by atoms with van der Waals surface area (Å²) in [5.74, 6) is -0.165. The van der Waals surface area contributed by atoms with Crippen LogP contribution in [0.3, 0.4) is 0 Å². The highest BCUT2D eigenvalue weighted by atomic mass is 16.2. The van der Waals surface area contributed by atoms with Gasteiger partial charge in [0, 0.05) is 19.7 Å². The van der Waals surface area contributed by atoms with E-state index in [-0.39, 0.29) is 12.5 Å². The average Bonchev–Trinajstić information content (AvgIpc) is 2.69. The Morgan fingerprint density at radius 2 is 2.05 bits per heavy atom. The highest BCUT2D eigenvalue weighted by Crippen LogP contribution is 2.16. The van der Waals surface area contributed by atoms with E-state index in [9.17, 15) is 4.79 Å². The van der Waals surface area contributed by atoms with E-state index in [2.05, 4.69) is 10.4 Å². The molecule has 0 fully saturated rings. The quantitative estimate of drug-likeness (QED) is 0.615. The summed E-state index contributed by atoms with van der Waals surface area (Å²) in [6.07, 6.45) is 3.72. The second-order valence-electron chi connectivity index (χ2n) is 4.56. The minimum absolute atomic E-state index is 0.165. The molecule has 0 unspecified atom stereocenters. The second-order valence-corrected chi connectivity index (χ2v) is 4.56. The average molecular weight is 268 g/mol. The van der Waals surface area contributed by atoms with Gasteiger partial charge in [-0.25, -0.2) is 0 Å². The fourth-order valence-corrected chi connectivity index (χ4v) is 1.94. The van der Waals surface area contributed by atoms with Crippen LogP contribution in [0.15, 0.2) is 0 Å². The molecule has 1 rings (SSSR count). The molecule has 6 heteroatoms. The number of nitrogens with two attached hydrogens (primary N) is 1. The number of unbranched alkanes of at least 4 members (excludes halogenated alkanes) is 3. The first kappa shape index (κ1) is 15.5. The summed E-state index contributed by atoms with van der Waals surface area (Å²) in [5.41, 5.74) is 7.48. The molecule has 0 atom stereocenters. The molecule has 0 aliphatic rings. The van der Waals surface area contributed by atoms with Gasteiger partial charge in [0.2, 0.25) is 0 Å². The number of rotatable bonds is 8. The van der Waals surface area contributed by atoms with Crippen molar-refractivity contribution in [2.24, 2.45) is 0 Å². The molecule has 19 heavy (non-hydrogen) atoms. The topological polar surface area (TPSA) is 93.2 Å². The van der Waals surface area contributed by atoms with Crippen LogP contribution in [0, 0.1) is 6.92 Å². The molecule has 0 radical (unpaired) electrons. The molecule has 1 aromatic rings. The van der Waals surface area contributed by atoms with Crippen LogP contribution < -0.4 is 11.1 Å². The Kier molecular flexibility index (Phi) is 6.35. The molecule has 0 saturated carbocycles. The van der Waals surface area contributed by atoms with Crippen molar-refractivity contribution in [3.63, 3.8) is 0 Å². The highest BCUT2D eigenvalue weighted by molar-refractivity contribution is 5.97. The number of carbonyl (C=O) groups excluding carboxylic acids is 1. The van der Waals surface area contributed by atoms with Gasteiger partial charge < -0.3 is 16.2 Å². The van der Waals surface area contributed by atoms with Gasteiger partial charge in [-0.1, -0.05) is 12.8 Å². The predicted octanol–water partition coefficient (Wildman–Crippen LogP) is 1.08. The molecule has 0 aliphatic carbocycles. The Balaban J connectivity index is 2.45. The highest BCUT2D eigenvalue weighted by Gasteiger charge is 2.18. The summed E-state index contributed by atoms with van der Waals surface area (Å²) in [4.78, 5) is 12.1. The number of aromatic nitrogens is 2. The first-order valence-electron chi connectivity index (χ1n) is 6.83. The van der Waals surface area contributed by atoms with Crippen LogP contribution >= 0.6 is 0 Å². The minimum atomic E-state index is -0.165. The van der Waals surface area contributed by atoms with Crippen LogP contribution in [0.1, 0.15) is 48.8 Å². The van der Waals surface area contributed by atoms with E-state index in [4.69, 9.17) is 10.8 Å². The number of amides is 1. The summed E-state index contributed by atoms with van der Waals surface area (Å²) in [7, 11) is 0. The molecule has 1 aromatic heterocycles. The molecule has 0 spiro atoms. The third kappa shape index (κ3) is 4.24. The Hall–Kier alpha value is -1.56. The van der Waals surface area contributed by atoms with Gasteiger partial charge in [-0.05, 0) is 26.7 Å². The van der Waals surface area contributed by atoms with Crippen molar-refractivity contribution in [1.29, 1.82) is 0 Å². The van der Waals surface area contributed by atoms with E-state index in [1.165, 1.54) is 0 Å². The number of nitrogens with one attached hydrogen (secondary N) is 1. The number of nitrogen functional groups attached to an aromatic ring is 1. The van der Waals surface area contributed by atoms with E-state index < -0.39 is 0 Å². The number of aryl methyl sites for hydroxylation is 2. The molecule has 0 bridgehead atoms. The van der Waals surface area contributed by atoms with Gasteiger partial charge in [0.25, 0.3) is 5.91 Å². The molecular formula is C13H24N4O2. The Bertz CT molecular complexity index is 415. The zero-order valence-electron chi connectivity index (χ0n) is 11.8. The van der Waals surface area contributed by atoms with Crippen molar-refractivity contribution in [1.82, 2.24) is 15.1 Å². The SMILES string of the molecule is CCn1nc(C)c(N)c1C(=O)NCCCCCCO. The van der Waals surface area contributed by atoms with Gasteiger partial charge in [-0.15, -0.1) is 0 Å². The number of carbonyl (C=O) groups is 1. The summed E-state index contributed by atoms with van der Waals surface area (Å²) in [6, 6.07) is 0. The van der Waals surface area contributed by atoms with Crippen LogP contribution in [-0.2, 0) is 6.54 Å². The van der Waals surface area contributed by atoms with Crippen LogP contribution in [0.25, 0.3) is 0 Å². The summed E-state index contributed by atoms with van der Waals surface area (Å²) in [5, 5.41) is 15.7. The maximum Gasteiger partial charge on any atom is 0.271 e. The van der Waals surface area contributed by atoms with Gasteiger partial charge in [-0.2, -0.15) is 5.10 Å². The summed E-state index contributed by atoms with van der Waals surface area (Å²) in [6.45, 7) is 5.21. The monoisotopic (exact) mass is 268 g/mol. The molecule has 6 nitrogen and oxygen atoms in total. The number of aliphatic hydroxyl groups excluding tert-OH is 1. The summed E-state index contributed by atoms with van der Waals surface area (Å²) < 4.78 is 1.63. The van der Waals surface area contributed by atoms with Crippen molar-refractivity contribution < 1.29 is 9.90 Å². The molecule has 0 aromatic carbocycles. The smallest absolute Gasteiger partial charge is 0.271 e. The Morgan fingerprint density at radius 1 is 1.37 bits per heavy atom. The minimum Gasteiger partial charge on any atom is -0.396 e. The normalized spacial score (nSPS) is 10.7. The van der Waals surface area contributed by atoms with E-state index in [1.54, 1.807) is 11.6 Å². The lowest BCUT2D eigenvalue weighted by Gasteiger charge is -2.07. The van der Waals surface area contributed by atoms with Crippen molar-refractivity contribution in [2.45, 2.75) is 46.1 Å². The van der Waals surface area contributed by atoms with E-state index in [1.807, 2.05) is 6.92 Å². The first-order chi connectivity index (χ1) is 9.11. The van der Waals surface area contributed by atoms with Crippen molar-refractivity contribution in [2.75, 3.05) is 18.9 Å². The van der Waals surface area contributed by atoms with E-state index >= 15 is 0 Å². The second kappa shape index (κ2) is 7.78. The summed E-state index contributed by atoms with van der Waals surface area (Å²) >= 11 is 0. The third-order valence-electron chi connectivity index (χ3n) is 3.06. The van der Waals surface area contributed by atoms with Gasteiger partial charge in [0.05, 0.1) is 11.4 Å². The predicted molar refractivity (Wildman–Crippen MR) is 74.9 cm³/mol. The molecule has 4 N–H and O–H groups in total. The van der Waals surface area contributed by atoms with Crippen LogP contribution in [0.5, 0.6) is 0 Å². The molecule has 1 amide bonds. The largest absolute Gasteiger partial charge is 0.396 e. The Morgan fingerprint density at radius 3 is 2.68 bits per heavy atom. The van der Waals surface area contributed by atoms with E-state index in [0.29, 0.717) is 30.2 Å². The number of anilines is 1. The lowest BCUT2D eigenvalue weighted by atomic mass is 10.2. The number of hydrogen-bond donors (Lipinski definition) is 3. The molecular weight excluding hydrogens is 244 g/mol. The maximum absolute atomic E-state index is 12.1. The van der Waals surface area contributed by atoms with Gasteiger partial charge in [-0.3, -0.25) is 9.48 Å². The van der Waals surface area contributed by atoms with E-state index in [0.717, 1.165) is 25.7 Å². The van der Waals surface area contributed by atoms with Crippen molar-refractivity contribution in [3.05, 3.63) is 11.4 Å². The zero-order chi connectivity index (χ0) is 14.3. The zero-order valence-corrected chi connectivity index (χ0v) is 11.8. The van der Waals surface area contributed by atoms with Gasteiger partial charge in [0.1, 0.15) is 5.69 Å². The Labute approximate surface area is 114 Å². The standard InChI is InChI=1S/C13H24N4O2/c1-3-17-12(11(14)10(2)16-17)13(19)15-8-6-4-5-7-9-18/h18H,3-9,14H2,1-2H3,(H,15,19). The molecule has 108 valence electrons. The lowest BCUT2D eigenvalue weighted by Crippen LogP contribution is -2.27. The fourth-order valence-electron chi connectivity index (χ4n) is 1.94. The van der Waals surface area contributed by atoms with Crippen molar-refractivity contribution >= 4 is 11.6 Å². The molecule has 1 heterocycles. The molecule has 0 saturated heterocycles. The van der Waals surface area contributed by atoms with Crippen molar-refractivity contribution in [3.8, 4) is 0 Å². The molecule has 0 aliphatic heterocycles. The van der Waals surface area contributed by atoms with Gasteiger partial charge in [0.15, 0.2) is 0 Å². The van der Waals surface area contributed by atoms with Crippen LogP contribution in [0.2, 0.25) is 0 Å². The number of aliphatic hydroxyl groups is 1. The van der Waals surface area contributed by atoms with Crippen LogP contribution in [-0.4, -0.2) is 33.9 Å². The fraction of sp³-hybridized carbons (Fsp3) is 0.692. The number of nitrogens with zero attached hydrogens (tertiary/aromatic N) is 2. The number of hydrogen-bond acceptors (Lipinski definition) is 4. The van der Waals surface area contributed by atoms with Gasteiger partial charge >= 0.3 is 0 Å². The first-order valence-corrected chi connectivity index (χ1v) is 6.83. The third-order valence-corrected chi connectivity index (χ3v) is 3.06. The van der Waals surface area contributed by atoms with Crippen LogP contribution in [0.4, 0.5) is 5.69 Å². The maximum atomic E-state index is 12.1. The lowest BCUT2D eigenvalue weighted by molar-refractivity contribution is 0.0943.